The average Bonchev–Trinajstić information content (AvgIpc) is 2.75. The molecular formula is C24H23ClN2O3. The van der Waals surface area contributed by atoms with Crippen LogP contribution >= 0.6 is 11.6 Å². The van der Waals surface area contributed by atoms with Crippen molar-refractivity contribution in [2.24, 2.45) is 0 Å². The zero-order valence-electron chi connectivity index (χ0n) is 16.8. The second-order valence-corrected chi connectivity index (χ2v) is 7.30. The summed E-state index contributed by atoms with van der Waals surface area (Å²) in [5, 5.41) is 6.15. The van der Waals surface area contributed by atoms with Crippen LogP contribution < -0.4 is 15.4 Å². The summed E-state index contributed by atoms with van der Waals surface area (Å²) in [4.78, 5) is 24.8. The Hall–Kier alpha value is -3.31. The molecule has 0 aliphatic heterocycles. The minimum absolute atomic E-state index is 0.0815. The van der Waals surface area contributed by atoms with Crippen LogP contribution in [0.2, 0.25) is 5.02 Å². The van der Waals surface area contributed by atoms with Crippen molar-refractivity contribution in [1.82, 2.24) is 0 Å². The van der Waals surface area contributed by atoms with E-state index in [4.69, 9.17) is 16.3 Å². The Morgan fingerprint density at radius 2 is 1.40 bits per heavy atom. The molecule has 0 spiro atoms. The molecule has 6 heteroatoms. The lowest BCUT2D eigenvalue weighted by Gasteiger charge is -2.13. The van der Waals surface area contributed by atoms with Gasteiger partial charge < -0.3 is 15.4 Å². The third-order valence-electron chi connectivity index (χ3n) is 4.50. The molecular weight excluding hydrogens is 400 g/mol. The Morgan fingerprint density at radius 1 is 0.867 bits per heavy atom. The monoisotopic (exact) mass is 422 g/mol. The zero-order chi connectivity index (χ0) is 21.5. The number of rotatable bonds is 7. The van der Waals surface area contributed by atoms with Crippen LogP contribution in [0, 0.1) is 0 Å². The van der Waals surface area contributed by atoms with Crippen molar-refractivity contribution in [3.63, 3.8) is 0 Å². The summed E-state index contributed by atoms with van der Waals surface area (Å²) >= 11 is 5.93. The molecule has 0 radical (unpaired) electrons. The molecule has 30 heavy (non-hydrogen) atoms. The molecule has 0 fully saturated rings. The topological polar surface area (TPSA) is 67.4 Å². The molecule has 3 rings (SSSR count). The SMILES string of the molecule is CC[C@@H](C)Oc1cccc(C(=O)Nc2ccc(NC(=O)c3cccc(Cl)c3)cc2)c1. The lowest BCUT2D eigenvalue weighted by molar-refractivity contribution is 0.101. The first-order chi connectivity index (χ1) is 14.4. The van der Waals surface area contributed by atoms with Gasteiger partial charge in [-0.3, -0.25) is 9.59 Å². The van der Waals surface area contributed by atoms with Crippen molar-refractivity contribution in [3.05, 3.63) is 88.9 Å². The normalized spacial score (nSPS) is 11.4. The number of amides is 2. The molecule has 5 nitrogen and oxygen atoms in total. The van der Waals surface area contributed by atoms with Crippen molar-refractivity contribution in [3.8, 4) is 5.75 Å². The minimum Gasteiger partial charge on any atom is -0.491 e. The van der Waals surface area contributed by atoms with Gasteiger partial charge in [0.15, 0.2) is 0 Å². The number of nitrogens with one attached hydrogen (secondary N) is 2. The lowest BCUT2D eigenvalue weighted by Crippen LogP contribution is -2.14. The number of halogens is 1. The molecule has 3 aromatic rings. The highest BCUT2D eigenvalue weighted by atomic mass is 35.5. The Bertz CT molecular complexity index is 1030. The Kier molecular flexibility index (Phi) is 7.09. The van der Waals surface area contributed by atoms with Gasteiger partial charge in [-0.2, -0.15) is 0 Å². The van der Waals surface area contributed by atoms with Crippen molar-refractivity contribution >= 4 is 34.8 Å². The fourth-order valence-corrected chi connectivity index (χ4v) is 2.89. The van der Waals surface area contributed by atoms with E-state index < -0.39 is 0 Å². The number of carbonyl (C=O) groups excluding carboxylic acids is 2. The average molecular weight is 423 g/mol. The molecule has 1 atom stereocenters. The van der Waals surface area contributed by atoms with Crippen LogP contribution in [0.3, 0.4) is 0 Å². The standard InChI is InChI=1S/C24H23ClN2O3/c1-3-16(2)30-22-9-5-7-18(15-22)24(29)27-21-12-10-20(11-13-21)26-23(28)17-6-4-8-19(25)14-17/h4-16H,3H2,1-2H3,(H,26,28)(H,27,29)/t16-/m1/s1. The molecule has 2 N–H and O–H groups in total. The highest BCUT2D eigenvalue weighted by molar-refractivity contribution is 6.31. The van der Waals surface area contributed by atoms with Crippen molar-refractivity contribution in [2.75, 3.05) is 10.6 Å². The van der Waals surface area contributed by atoms with Gasteiger partial charge in [-0.1, -0.05) is 30.7 Å². The quantitative estimate of drug-likeness (QED) is 0.489. The van der Waals surface area contributed by atoms with Crippen molar-refractivity contribution in [2.45, 2.75) is 26.4 Å². The highest BCUT2D eigenvalue weighted by Gasteiger charge is 2.10. The van der Waals surface area contributed by atoms with Gasteiger partial charge >= 0.3 is 0 Å². The van der Waals surface area contributed by atoms with Crippen LogP contribution in [0.25, 0.3) is 0 Å². The number of hydrogen-bond acceptors (Lipinski definition) is 3. The second-order valence-electron chi connectivity index (χ2n) is 6.86. The van der Waals surface area contributed by atoms with Crippen molar-refractivity contribution in [1.29, 1.82) is 0 Å². The van der Waals surface area contributed by atoms with Crippen LogP contribution in [0.15, 0.2) is 72.8 Å². The molecule has 0 heterocycles. The molecule has 0 aliphatic carbocycles. The van der Waals surface area contributed by atoms with E-state index in [-0.39, 0.29) is 17.9 Å². The van der Waals surface area contributed by atoms with E-state index in [2.05, 4.69) is 10.6 Å². The molecule has 0 aliphatic rings. The van der Waals surface area contributed by atoms with Gasteiger partial charge in [-0.15, -0.1) is 0 Å². The predicted molar refractivity (Wildman–Crippen MR) is 121 cm³/mol. The predicted octanol–water partition coefficient (Wildman–Crippen LogP) is 6.02. The maximum absolute atomic E-state index is 12.6. The molecule has 3 aromatic carbocycles. The van der Waals surface area contributed by atoms with E-state index in [1.807, 2.05) is 19.9 Å². The number of carbonyl (C=O) groups is 2. The first kappa shape index (κ1) is 21.4. The van der Waals surface area contributed by atoms with Crippen LogP contribution in [0.4, 0.5) is 11.4 Å². The van der Waals surface area contributed by atoms with E-state index in [1.165, 1.54) is 0 Å². The maximum atomic E-state index is 12.6. The molecule has 2 amide bonds. The fraction of sp³-hybridized carbons (Fsp3) is 0.167. The summed E-state index contributed by atoms with van der Waals surface area (Å²) in [6.45, 7) is 4.03. The van der Waals surface area contributed by atoms with E-state index in [0.29, 0.717) is 33.3 Å². The summed E-state index contributed by atoms with van der Waals surface area (Å²) in [5.41, 5.74) is 2.21. The fourth-order valence-electron chi connectivity index (χ4n) is 2.70. The molecule has 0 unspecified atom stereocenters. The third kappa shape index (κ3) is 5.84. The summed E-state index contributed by atoms with van der Waals surface area (Å²) in [5.74, 6) is 0.170. The largest absolute Gasteiger partial charge is 0.491 e. The summed E-state index contributed by atoms with van der Waals surface area (Å²) in [6.07, 6.45) is 0.967. The van der Waals surface area contributed by atoms with Gasteiger partial charge in [0.05, 0.1) is 6.10 Å². The first-order valence-corrected chi connectivity index (χ1v) is 10.1. The smallest absolute Gasteiger partial charge is 0.255 e. The van der Waals surface area contributed by atoms with Gasteiger partial charge in [-0.25, -0.2) is 0 Å². The van der Waals surface area contributed by atoms with Crippen LogP contribution in [-0.2, 0) is 0 Å². The van der Waals surface area contributed by atoms with Gasteiger partial charge in [0.1, 0.15) is 5.75 Å². The van der Waals surface area contributed by atoms with Crippen LogP contribution in [0.5, 0.6) is 5.75 Å². The third-order valence-corrected chi connectivity index (χ3v) is 4.73. The van der Waals surface area contributed by atoms with Crippen molar-refractivity contribution < 1.29 is 14.3 Å². The zero-order valence-corrected chi connectivity index (χ0v) is 17.6. The van der Waals surface area contributed by atoms with Gasteiger partial charge in [0, 0.05) is 27.5 Å². The summed E-state index contributed by atoms with van der Waals surface area (Å²) < 4.78 is 5.77. The van der Waals surface area contributed by atoms with Crippen LogP contribution in [-0.4, -0.2) is 17.9 Å². The molecule has 0 saturated heterocycles. The number of ether oxygens (including phenoxy) is 1. The second kappa shape index (κ2) is 9.94. The minimum atomic E-state index is -0.257. The summed E-state index contributed by atoms with van der Waals surface area (Å²) in [6, 6.07) is 20.7. The maximum Gasteiger partial charge on any atom is 0.255 e. The Morgan fingerprint density at radius 3 is 1.93 bits per heavy atom. The highest BCUT2D eigenvalue weighted by Crippen LogP contribution is 2.19. The number of benzene rings is 3. The van der Waals surface area contributed by atoms with Gasteiger partial charge in [0.25, 0.3) is 11.8 Å². The number of anilines is 2. The Balaban J connectivity index is 1.62. The molecule has 0 saturated carbocycles. The van der Waals surface area contributed by atoms with Gasteiger partial charge in [0.2, 0.25) is 0 Å². The Labute approximate surface area is 181 Å². The summed E-state index contributed by atoms with van der Waals surface area (Å²) in [7, 11) is 0. The molecule has 154 valence electrons. The molecule has 0 aromatic heterocycles. The van der Waals surface area contributed by atoms with Gasteiger partial charge in [-0.05, 0) is 74.0 Å². The molecule has 0 bridgehead atoms. The van der Waals surface area contributed by atoms with E-state index in [1.54, 1.807) is 66.7 Å². The lowest BCUT2D eigenvalue weighted by atomic mass is 10.2. The van der Waals surface area contributed by atoms with E-state index in [0.717, 1.165) is 6.42 Å². The van der Waals surface area contributed by atoms with E-state index >= 15 is 0 Å². The number of hydrogen-bond donors (Lipinski definition) is 2. The van der Waals surface area contributed by atoms with E-state index in [9.17, 15) is 9.59 Å². The van der Waals surface area contributed by atoms with Crippen LogP contribution in [0.1, 0.15) is 41.0 Å². The first-order valence-electron chi connectivity index (χ1n) is 9.69.